The Kier molecular flexibility index (Phi) is 6.29. The lowest BCUT2D eigenvalue weighted by atomic mass is 9.92. The molecule has 3 heterocycles. The number of ether oxygens (including phenoxy) is 1. The van der Waals surface area contributed by atoms with E-state index in [1.165, 1.54) is 12.1 Å². The van der Waals surface area contributed by atoms with E-state index in [0.717, 1.165) is 24.1 Å². The van der Waals surface area contributed by atoms with Crippen molar-refractivity contribution in [3.05, 3.63) is 102 Å². The zero-order valence-corrected chi connectivity index (χ0v) is 18.5. The molecule has 172 valence electrons. The number of nitrogens with zero attached hydrogens (tertiary/aromatic N) is 5. The maximum absolute atomic E-state index is 13.3. The second-order valence-corrected chi connectivity index (χ2v) is 8.23. The molecule has 0 saturated carbocycles. The van der Waals surface area contributed by atoms with Gasteiger partial charge in [0.2, 0.25) is 5.88 Å². The number of halogens is 1. The molecule has 0 spiro atoms. The lowest BCUT2D eigenvalue weighted by Gasteiger charge is -2.32. The first kappa shape index (κ1) is 21.8. The monoisotopic (exact) mass is 457 g/mol. The van der Waals surface area contributed by atoms with Crippen molar-refractivity contribution < 1.29 is 13.9 Å². The Hall–Kier alpha value is -4.07. The van der Waals surface area contributed by atoms with Gasteiger partial charge in [0.05, 0.1) is 6.54 Å². The Morgan fingerprint density at radius 1 is 0.971 bits per heavy atom. The molecule has 0 bridgehead atoms. The molecule has 7 nitrogen and oxygen atoms in total. The summed E-state index contributed by atoms with van der Waals surface area (Å²) in [6, 6.07) is 15.4. The average Bonchev–Trinajstić information content (AvgIpc) is 3.39. The quantitative estimate of drug-likeness (QED) is 0.421. The van der Waals surface area contributed by atoms with Crippen LogP contribution in [0.1, 0.15) is 40.4 Å². The SMILES string of the molecule is O=C(c1ccccc1Cn1cccn1)N1CCC(c2nccnc2Oc2ccc(F)cc2)CC1. The molecule has 1 amide bonds. The third kappa shape index (κ3) is 4.80. The van der Waals surface area contributed by atoms with E-state index in [0.29, 0.717) is 36.8 Å². The second kappa shape index (κ2) is 9.82. The predicted octanol–water partition coefficient (Wildman–Crippen LogP) is 4.67. The van der Waals surface area contributed by atoms with Crippen molar-refractivity contribution >= 4 is 5.91 Å². The molecule has 0 unspecified atom stereocenters. The standard InChI is InChI=1S/C26H24FN5O2/c27-21-6-8-22(9-7-21)34-25-24(28-13-14-29-25)19-10-16-31(17-11-19)26(33)23-5-2-1-4-20(23)18-32-15-3-12-30-32/h1-9,12-15,19H,10-11,16-18H2. The van der Waals surface area contributed by atoms with Crippen LogP contribution in [0.4, 0.5) is 4.39 Å². The zero-order valence-electron chi connectivity index (χ0n) is 18.5. The van der Waals surface area contributed by atoms with Crippen LogP contribution in [0.15, 0.2) is 79.4 Å². The zero-order chi connectivity index (χ0) is 23.3. The minimum Gasteiger partial charge on any atom is -0.437 e. The summed E-state index contributed by atoms with van der Waals surface area (Å²) in [6.45, 7) is 1.79. The number of benzene rings is 2. The van der Waals surface area contributed by atoms with Crippen molar-refractivity contribution in [3.8, 4) is 11.6 Å². The number of likely N-dealkylation sites (tertiary alicyclic amines) is 1. The fourth-order valence-corrected chi connectivity index (χ4v) is 4.27. The van der Waals surface area contributed by atoms with Crippen molar-refractivity contribution in [2.45, 2.75) is 25.3 Å². The van der Waals surface area contributed by atoms with Crippen LogP contribution in [0.3, 0.4) is 0 Å². The van der Waals surface area contributed by atoms with E-state index in [1.807, 2.05) is 46.1 Å². The van der Waals surface area contributed by atoms with E-state index in [1.54, 1.807) is 30.7 Å². The Bertz CT molecular complexity index is 1250. The van der Waals surface area contributed by atoms with Gasteiger partial charge in [-0.05, 0) is 54.8 Å². The fourth-order valence-electron chi connectivity index (χ4n) is 4.27. The lowest BCUT2D eigenvalue weighted by molar-refractivity contribution is 0.0710. The van der Waals surface area contributed by atoms with E-state index in [-0.39, 0.29) is 17.6 Å². The summed E-state index contributed by atoms with van der Waals surface area (Å²) in [5.41, 5.74) is 2.41. The van der Waals surface area contributed by atoms with E-state index < -0.39 is 0 Å². The van der Waals surface area contributed by atoms with Crippen LogP contribution in [-0.4, -0.2) is 43.6 Å². The molecule has 0 radical (unpaired) electrons. The largest absolute Gasteiger partial charge is 0.437 e. The first-order valence-electron chi connectivity index (χ1n) is 11.3. The normalized spacial score (nSPS) is 14.2. The first-order valence-corrected chi connectivity index (χ1v) is 11.3. The molecule has 1 saturated heterocycles. The van der Waals surface area contributed by atoms with Gasteiger partial charge in [0, 0.05) is 49.4 Å². The van der Waals surface area contributed by atoms with Crippen molar-refractivity contribution in [2.75, 3.05) is 13.1 Å². The van der Waals surface area contributed by atoms with Crippen LogP contribution in [-0.2, 0) is 6.54 Å². The maximum Gasteiger partial charge on any atom is 0.254 e. The van der Waals surface area contributed by atoms with Crippen molar-refractivity contribution in [3.63, 3.8) is 0 Å². The van der Waals surface area contributed by atoms with Crippen molar-refractivity contribution in [1.82, 2.24) is 24.6 Å². The molecular weight excluding hydrogens is 433 g/mol. The smallest absolute Gasteiger partial charge is 0.254 e. The Labute approximate surface area is 196 Å². The molecule has 5 rings (SSSR count). The first-order chi connectivity index (χ1) is 16.7. The van der Waals surface area contributed by atoms with Gasteiger partial charge < -0.3 is 9.64 Å². The van der Waals surface area contributed by atoms with Gasteiger partial charge in [-0.2, -0.15) is 5.10 Å². The average molecular weight is 458 g/mol. The predicted molar refractivity (Wildman–Crippen MR) is 124 cm³/mol. The molecule has 1 aliphatic heterocycles. The molecule has 0 aliphatic carbocycles. The number of amides is 1. The van der Waals surface area contributed by atoms with E-state index in [4.69, 9.17) is 4.74 Å². The molecule has 8 heteroatoms. The summed E-state index contributed by atoms with van der Waals surface area (Å²) in [6.07, 6.45) is 8.36. The van der Waals surface area contributed by atoms with Gasteiger partial charge in [-0.3, -0.25) is 14.5 Å². The van der Waals surface area contributed by atoms with Crippen LogP contribution in [0.25, 0.3) is 0 Å². The molecule has 0 N–H and O–H groups in total. The van der Waals surface area contributed by atoms with Crippen molar-refractivity contribution in [1.29, 1.82) is 0 Å². The highest BCUT2D eigenvalue weighted by molar-refractivity contribution is 5.95. The number of carbonyl (C=O) groups is 1. The van der Waals surface area contributed by atoms with Gasteiger partial charge >= 0.3 is 0 Å². The molecule has 2 aromatic heterocycles. The highest BCUT2D eigenvalue weighted by Crippen LogP contribution is 2.34. The molecule has 0 atom stereocenters. The third-order valence-corrected chi connectivity index (χ3v) is 6.03. The van der Waals surface area contributed by atoms with Crippen LogP contribution >= 0.6 is 0 Å². The molecule has 2 aromatic carbocycles. The summed E-state index contributed by atoms with van der Waals surface area (Å²) in [4.78, 5) is 24.1. The summed E-state index contributed by atoms with van der Waals surface area (Å²) < 4.78 is 20.9. The summed E-state index contributed by atoms with van der Waals surface area (Å²) in [7, 11) is 0. The van der Waals surface area contributed by atoms with Gasteiger partial charge in [-0.25, -0.2) is 9.37 Å². The molecule has 1 fully saturated rings. The van der Waals surface area contributed by atoms with Crippen LogP contribution < -0.4 is 4.74 Å². The maximum atomic E-state index is 13.3. The Morgan fingerprint density at radius 3 is 2.50 bits per heavy atom. The number of aromatic nitrogens is 4. The third-order valence-electron chi connectivity index (χ3n) is 6.03. The number of carbonyl (C=O) groups excluding carboxylic acids is 1. The minimum absolute atomic E-state index is 0.0307. The fraction of sp³-hybridized carbons (Fsp3) is 0.231. The molecule has 4 aromatic rings. The molecule has 1 aliphatic rings. The van der Waals surface area contributed by atoms with E-state index in [2.05, 4.69) is 15.1 Å². The highest BCUT2D eigenvalue weighted by Gasteiger charge is 2.28. The lowest BCUT2D eigenvalue weighted by Crippen LogP contribution is -2.38. The van der Waals surface area contributed by atoms with Crippen LogP contribution in [0.5, 0.6) is 11.6 Å². The molecular formula is C26H24FN5O2. The minimum atomic E-state index is -0.324. The topological polar surface area (TPSA) is 73.1 Å². The summed E-state index contributed by atoms with van der Waals surface area (Å²) in [5, 5.41) is 4.26. The molecule has 34 heavy (non-hydrogen) atoms. The summed E-state index contributed by atoms with van der Waals surface area (Å²) in [5.74, 6) is 0.749. The number of hydrogen-bond donors (Lipinski definition) is 0. The number of hydrogen-bond acceptors (Lipinski definition) is 5. The Morgan fingerprint density at radius 2 is 1.74 bits per heavy atom. The number of piperidine rings is 1. The van der Waals surface area contributed by atoms with E-state index >= 15 is 0 Å². The Balaban J connectivity index is 1.27. The van der Waals surface area contributed by atoms with Crippen LogP contribution in [0.2, 0.25) is 0 Å². The van der Waals surface area contributed by atoms with Gasteiger partial charge in [0.1, 0.15) is 17.3 Å². The van der Waals surface area contributed by atoms with Crippen LogP contribution in [0, 0.1) is 5.82 Å². The van der Waals surface area contributed by atoms with E-state index in [9.17, 15) is 9.18 Å². The van der Waals surface area contributed by atoms with Gasteiger partial charge in [0.15, 0.2) is 0 Å². The summed E-state index contributed by atoms with van der Waals surface area (Å²) >= 11 is 0. The van der Waals surface area contributed by atoms with Crippen molar-refractivity contribution in [2.24, 2.45) is 0 Å². The van der Waals surface area contributed by atoms with Gasteiger partial charge in [-0.15, -0.1) is 0 Å². The highest BCUT2D eigenvalue weighted by atomic mass is 19.1. The number of rotatable bonds is 6. The van der Waals surface area contributed by atoms with Gasteiger partial charge in [-0.1, -0.05) is 18.2 Å². The second-order valence-electron chi connectivity index (χ2n) is 8.23. The van der Waals surface area contributed by atoms with Gasteiger partial charge in [0.25, 0.3) is 5.91 Å².